The number of anilines is 1. The van der Waals surface area contributed by atoms with Crippen LogP contribution < -0.4 is 20.2 Å². The summed E-state index contributed by atoms with van der Waals surface area (Å²) in [5, 5.41) is 6.61. The average molecular weight is 536 g/mol. The maximum Gasteiger partial charge on any atom is 0.343 e. The number of para-hydroxylation sites is 1. The second kappa shape index (κ2) is 12.2. The number of esters is 2. The molecule has 38 heavy (non-hydrogen) atoms. The van der Waals surface area contributed by atoms with Crippen LogP contribution in [0.3, 0.4) is 0 Å². The minimum absolute atomic E-state index is 0.197. The molecule has 3 aromatic rings. The summed E-state index contributed by atoms with van der Waals surface area (Å²) in [6.07, 6.45) is 3.70. The number of carbonyl (C=O) groups excluding carboxylic acids is 4. The predicted molar refractivity (Wildman–Crippen MR) is 141 cm³/mol. The van der Waals surface area contributed by atoms with E-state index in [9.17, 15) is 19.2 Å². The first kappa shape index (κ1) is 26.6. The number of benzene rings is 2. The molecule has 0 fully saturated rings. The van der Waals surface area contributed by atoms with Gasteiger partial charge in [-0.25, -0.2) is 15.0 Å². The molecular formula is C27H25N3O7S. The fraction of sp³-hybridized carbons (Fsp3) is 0.222. The molecule has 10 nitrogen and oxygen atoms in total. The number of rotatable bonds is 8. The second-order valence-corrected chi connectivity index (χ2v) is 9.20. The minimum atomic E-state index is -1.03. The number of hydrogen-bond donors (Lipinski definition) is 2. The fourth-order valence-electron chi connectivity index (χ4n) is 3.85. The van der Waals surface area contributed by atoms with Crippen LogP contribution in [-0.4, -0.2) is 43.7 Å². The number of methoxy groups -OCH3 is 1. The number of nitrogens with zero attached hydrogens (tertiary/aromatic N) is 1. The van der Waals surface area contributed by atoms with Crippen molar-refractivity contribution < 1.29 is 33.4 Å². The van der Waals surface area contributed by atoms with Gasteiger partial charge in [0.25, 0.3) is 0 Å². The summed E-state index contributed by atoms with van der Waals surface area (Å²) in [6.45, 7) is 1.90. The number of ether oxygens (including phenoxy) is 3. The molecule has 1 aliphatic carbocycles. The lowest BCUT2D eigenvalue weighted by atomic mass is 10.1. The highest BCUT2D eigenvalue weighted by Gasteiger charge is 2.29. The van der Waals surface area contributed by atoms with E-state index in [0.29, 0.717) is 22.4 Å². The number of aryl methyl sites for hydroxylation is 1. The van der Waals surface area contributed by atoms with Crippen molar-refractivity contribution in [1.29, 1.82) is 0 Å². The zero-order valence-corrected chi connectivity index (χ0v) is 21.6. The van der Waals surface area contributed by atoms with Crippen molar-refractivity contribution in [2.24, 2.45) is 5.10 Å². The molecule has 0 aliphatic heterocycles. The van der Waals surface area contributed by atoms with Crippen molar-refractivity contribution in [3.63, 3.8) is 0 Å². The molecule has 11 heteroatoms. The van der Waals surface area contributed by atoms with Gasteiger partial charge in [-0.1, -0.05) is 12.1 Å². The van der Waals surface area contributed by atoms with Gasteiger partial charge in [-0.2, -0.15) is 5.10 Å². The van der Waals surface area contributed by atoms with Crippen molar-refractivity contribution in [1.82, 2.24) is 5.43 Å². The molecule has 1 aromatic heterocycles. The Labute approximate surface area is 222 Å². The maximum atomic E-state index is 12.5. The molecule has 1 aliphatic rings. The molecule has 0 bridgehead atoms. The molecule has 2 amide bonds. The average Bonchev–Trinajstić information content (AvgIpc) is 3.50. The van der Waals surface area contributed by atoms with Crippen LogP contribution >= 0.6 is 11.3 Å². The van der Waals surface area contributed by atoms with E-state index in [1.54, 1.807) is 55.5 Å². The van der Waals surface area contributed by atoms with Gasteiger partial charge in [0.2, 0.25) is 0 Å². The molecule has 0 unspecified atom stereocenters. The van der Waals surface area contributed by atoms with Gasteiger partial charge in [-0.3, -0.25) is 9.59 Å². The van der Waals surface area contributed by atoms with Gasteiger partial charge in [0, 0.05) is 10.4 Å². The summed E-state index contributed by atoms with van der Waals surface area (Å²) in [4.78, 5) is 50.9. The fourth-order valence-corrected chi connectivity index (χ4v) is 5.12. The van der Waals surface area contributed by atoms with Crippen molar-refractivity contribution in [2.75, 3.05) is 19.0 Å². The Bertz CT molecular complexity index is 1400. The molecule has 0 saturated heterocycles. The smallest absolute Gasteiger partial charge is 0.343 e. The van der Waals surface area contributed by atoms with Crippen LogP contribution in [0.15, 0.2) is 53.6 Å². The van der Waals surface area contributed by atoms with Gasteiger partial charge in [-0.05, 0) is 68.1 Å². The normalized spacial score (nSPS) is 12.1. The Morgan fingerprint density at radius 3 is 2.50 bits per heavy atom. The van der Waals surface area contributed by atoms with Gasteiger partial charge in [-0.15, -0.1) is 11.3 Å². The van der Waals surface area contributed by atoms with E-state index in [2.05, 4.69) is 15.8 Å². The topological polar surface area (TPSA) is 132 Å². The summed E-state index contributed by atoms with van der Waals surface area (Å²) >= 11 is 1.27. The van der Waals surface area contributed by atoms with Gasteiger partial charge in [0.15, 0.2) is 0 Å². The van der Waals surface area contributed by atoms with Crippen LogP contribution in [0.25, 0.3) is 0 Å². The monoisotopic (exact) mass is 535 g/mol. The van der Waals surface area contributed by atoms with Crippen molar-refractivity contribution in [3.8, 4) is 11.5 Å². The standard InChI is InChI=1S/C27H25N3O7S/c1-3-36-27(34)22-19-8-6-10-21(19)38-25(22)29-23(31)24(32)30-28-15-17-7-4-5-9-20(17)37-26(33)16-11-13-18(35-2)14-12-16/h4-5,7,9,11-15H,3,6,8,10H2,1-2H3,(H,29,31)(H,30,32). The van der Waals surface area contributed by atoms with E-state index >= 15 is 0 Å². The third kappa shape index (κ3) is 6.06. The van der Waals surface area contributed by atoms with E-state index in [-0.39, 0.29) is 17.4 Å². The van der Waals surface area contributed by atoms with E-state index in [4.69, 9.17) is 14.2 Å². The minimum Gasteiger partial charge on any atom is -0.497 e. The Morgan fingerprint density at radius 2 is 1.76 bits per heavy atom. The Balaban J connectivity index is 1.39. The predicted octanol–water partition coefficient (Wildman–Crippen LogP) is 3.73. The van der Waals surface area contributed by atoms with E-state index < -0.39 is 23.8 Å². The van der Waals surface area contributed by atoms with Crippen LogP contribution in [0.4, 0.5) is 5.00 Å². The van der Waals surface area contributed by atoms with E-state index in [0.717, 1.165) is 29.7 Å². The van der Waals surface area contributed by atoms with Crippen molar-refractivity contribution in [2.45, 2.75) is 26.2 Å². The molecule has 2 N–H and O–H groups in total. The summed E-state index contributed by atoms with van der Waals surface area (Å²) in [6, 6.07) is 13.0. The molecule has 4 rings (SSSR count). The first-order valence-electron chi connectivity index (χ1n) is 11.8. The van der Waals surface area contributed by atoms with Crippen molar-refractivity contribution >= 4 is 46.3 Å². The quantitative estimate of drug-likeness (QED) is 0.148. The third-order valence-electron chi connectivity index (χ3n) is 5.65. The number of carbonyl (C=O) groups is 4. The maximum absolute atomic E-state index is 12.5. The van der Waals surface area contributed by atoms with Crippen molar-refractivity contribution in [3.05, 3.63) is 75.7 Å². The molecule has 1 heterocycles. The van der Waals surface area contributed by atoms with E-state index in [1.807, 2.05) is 0 Å². The van der Waals surface area contributed by atoms with Gasteiger partial charge in [0.1, 0.15) is 16.5 Å². The molecule has 196 valence electrons. The van der Waals surface area contributed by atoms with Crippen LogP contribution in [0, 0.1) is 0 Å². The number of hydrazone groups is 1. The van der Waals surface area contributed by atoms with Gasteiger partial charge >= 0.3 is 23.8 Å². The van der Waals surface area contributed by atoms with E-state index in [1.165, 1.54) is 24.7 Å². The highest BCUT2D eigenvalue weighted by molar-refractivity contribution is 7.17. The number of hydrogen-bond acceptors (Lipinski definition) is 9. The molecule has 0 spiro atoms. The third-order valence-corrected chi connectivity index (χ3v) is 6.86. The first-order chi connectivity index (χ1) is 18.4. The van der Waals surface area contributed by atoms with Crippen LogP contribution in [0.5, 0.6) is 11.5 Å². The number of amides is 2. The van der Waals surface area contributed by atoms with Gasteiger partial charge < -0.3 is 19.5 Å². The number of nitrogens with one attached hydrogen (secondary N) is 2. The molecule has 0 radical (unpaired) electrons. The summed E-state index contributed by atoms with van der Waals surface area (Å²) in [5.74, 6) is -2.31. The Hall–Kier alpha value is -4.51. The first-order valence-corrected chi connectivity index (χ1v) is 12.6. The van der Waals surface area contributed by atoms with Crippen LogP contribution in [0.2, 0.25) is 0 Å². The zero-order valence-electron chi connectivity index (χ0n) is 20.7. The Morgan fingerprint density at radius 1 is 1.00 bits per heavy atom. The highest BCUT2D eigenvalue weighted by Crippen LogP contribution is 2.39. The molecular weight excluding hydrogens is 510 g/mol. The molecule has 2 aromatic carbocycles. The largest absolute Gasteiger partial charge is 0.497 e. The molecule has 0 saturated carbocycles. The lowest BCUT2D eigenvalue weighted by molar-refractivity contribution is -0.136. The SMILES string of the molecule is CCOC(=O)c1c(NC(=O)C(=O)NN=Cc2ccccc2OC(=O)c2ccc(OC)cc2)sc2c1CCC2. The Kier molecular flexibility index (Phi) is 8.49. The lowest BCUT2D eigenvalue weighted by Gasteiger charge is -2.08. The summed E-state index contributed by atoms with van der Waals surface area (Å²) in [5.41, 5.74) is 4.04. The second-order valence-electron chi connectivity index (χ2n) is 8.09. The van der Waals surface area contributed by atoms with Crippen LogP contribution in [-0.2, 0) is 27.2 Å². The number of thiophene rings is 1. The lowest BCUT2D eigenvalue weighted by Crippen LogP contribution is -2.32. The number of fused-ring (bicyclic) bond motifs is 1. The summed E-state index contributed by atoms with van der Waals surface area (Å²) in [7, 11) is 1.53. The van der Waals surface area contributed by atoms with Gasteiger partial charge in [0.05, 0.1) is 31.1 Å². The molecule has 0 atom stereocenters. The van der Waals surface area contributed by atoms with Crippen LogP contribution in [0.1, 0.15) is 50.1 Å². The highest BCUT2D eigenvalue weighted by atomic mass is 32.1. The summed E-state index contributed by atoms with van der Waals surface area (Å²) < 4.78 is 15.7. The zero-order chi connectivity index (χ0) is 27.1.